The zero-order valence-corrected chi connectivity index (χ0v) is 14.8. The van der Waals surface area contributed by atoms with Gasteiger partial charge in [-0.3, -0.25) is 9.59 Å². The second-order valence-electron chi connectivity index (χ2n) is 5.61. The van der Waals surface area contributed by atoms with Crippen LogP contribution >= 0.6 is 11.8 Å². The quantitative estimate of drug-likeness (QED) is 0.546. The molecule has 0 saturated carbocycles. The van der Waals surface area contributed by atoms with Crippen molar-refractivity contribution in [2.45, 2.75) is 11.3 Å². The number of benzene rings is 2. The van der Waals surface area contributed by atoms with E-state index in [4.69, 9.17) is 0 Å². The third-order valence-electron chi connectivity index (χ3n) is 3.80. The number of aromatic nitrogens is 2. The van der Waals surface area contributed by atoms with Crippen molar-refractivity contribution in [1.29, 1.82) is 0 Å². The van der Waals surface area contributed by atoms with Crippen LogP contribution in [0.25, 0.3) is 10.8 Å². The lowest BCUT2D eigenvalue weighted by Gasteiger charge is -2.09. The summed E-state index contributed by atoms with van der Waals surface area (Å²) in [6.45, 7) is 0.585. The van der Waals surface area contributed by atoms with Crippen LogP contribution in [0.3, 0.4) is 0 Å². The Balaban J connectivity index is 1.61. The molecule has 1 aromatic heterocycles. The number of fused-ring (bicyclic) bond motifs is 1. The summed E-state index contributed by atoms with van der Waals surface area (Å²) in [6.07, 6.45) is 0.157. The molecular weight excluding hydrogens is 334 g/mol. The van der Waals surface area contributed by atoms with Gasteiger partial charge in [-0.1, -0.05) is 36.4 Å². The van der Waals surface area contributed by atoms with Crippen molar-refractivity contribution in [1.82, 2.24) is 15.1 Å². The van der Waals surface area contributed by atoms with Crippen LogP contribution in [0, 0.1) is 0 Å². The Bertz CT molecular complexity index is 938. The van der Waals surface area contributed by atoms with Crippen molar-refractivity contribution in [3.63, 3.8) is 0 Å². The lowest BCUT2D eigenvalue weighted by Crippen LogP contribution is -2.29. The van der Waals surface area contributed by atoms with E-state index in [2.05, 4.69) is 10.4 Å². The van der Waals surface area contributed by atoms with Crippen LogP contribution in [0.1, 0.15) is 5.69 Å². The topological polar surface area (TPSA) is 64.0 Å². The molecule has 1 N–H and O–H groups in total. The smallest absolute Gasteiger partial charge is 0.274 e. The number of amides is 1. The van der Waals surface area contributed by atoms with Gasteiger partial charge in [-0.25, -0.2) is 4.68 Å². The number of hydrogen-bond donors (Lipinski definition) is 1. The van der Waals surface area contributed by atoms with E-state index < -0.39 is 0 Å². The van der Waals surface area contributed by atoms with Gasteiger partial charge in [0, 0.05) is 29.6 Å². The molecule has 6 heteroatoms. The number of nitrogens with one attached hydrogen (secondary N) is 1. The van der Waals surface area contributed by atoms with E-state index in [1.54, 1.807) is 24.9 Å². The largest absolute Gasteiger partial charge is 0.355 e. The first-order valence-electron chi connectivity index (χ1n) is 8.04. The van der Waals surface area contributed by atoms with Gasteiger partial charge >= 0.3 is 0 Å². The summed E-state index contributed by atoms with van der Waals surface area (Å²) < 4.78 is 1.29. The summed E-state index contributed by atoms with van der Waals surface area (Å²) in [7, 11) is 1.60. The first-order valence-corrected chi connectivity index (χ1v) is 9.03. The van der Waals surface area contributed by atoms with Crippen LogP contribution in [0.4, 0.5) is 0 Å². The number of hydrogen-bond acceptors (Lipinski definition) is 4. The lowest BCUT2D eigenvalue weighted by molar-refractivity contribution is -0.120. The molecule has 25 heavy (non-hydrogen) atoms. The maximum absolute atomic E-state index is 12.2. The van der Waals surface area contributed by atoms with E-state index in [1.165, 1.54) is 9.58 Å². The van der Waals surface area contributed by atoms with Crippen LogP contribution in [-0.2, 0) is 18.3 Å². The molecule has 0 bridgehead atoms. The van der Waals surface area contributed by atoms with E-state index in [-0.39, 0.29) is 17.9 Å². The summed E-state index contributed by atoms with van der Waals surface area (Å²) in [6, 6.07) is 17.3. The van der Waals surface area contributed by atoms with Gasteiger partial charge in [0.1, 0.15) is 0 Å². The minimum atomic E-state index is -0.154. The van der Waals surface area contributed by atoms with Gasteiger partial charge in [-0.05, 0) is 18.2 Å². The van der Waals surface area contributed by atoms with Gasteiger partial charge in [0.25, 0.3) is 5.56 Å². The summed E-state index contributed by atoms with van der Waals surface area (Å²) in [5.41, 5.74) is 0.463. The molecule has 2 aromatic carbocycles. The number of thioether (sulfide) groups is 1. The number of carbonyl (C=O) groups is 1. The van der Waals surface area contributed by atoms with Crippen LogP contribution in [0.15, 0.2) is 64.3 Å². The minimum Gasteiger partial charge on any atom is -0.355 e. The van der Waals surface area contributed by atoms with Crippen molar-refractivity contribution in [3.8, 4) is 0 Å². The van der Waals surface area contributed by atoms with Crippen molar-refractivity contribution in [3.05, 3.63) is 70.6 Å². The fourth-order valence-corrected chi connectivity index (χ4v) is 3.39. The molecule has 3 rings (SSSR count). The highest BCUT2D eigenvalue weighted by Crippen LogP contribution is 2.16. The number of carbonyl (C=O) groups excluding carboxylic acids is 1. The molecule has 1 amide bonds. The van der Waals surface area contributed by atoms with Gasteiger partial charge in [-0.15, -0.1) is 11.8 Å². The summed E-state index contributed by atoms with van der Waals surface area (Å²) in [4.78, 5) is 25.5. The summed E-state index contributed by atoms with van der Waals surface area (Å²) in [5.74, 6) is 0.710. The lowest BCUT2D eigenvalue weighted by atomic mass is 10.1. The molecular formula is C19H19N3O2S. The molecule has 0 spiro atoms. The molecule has 0 aliphatic heterocycles. The van der Waals surface area contributed by atoms with Crippen LogP contribution in [0.2, 0.25) is 0 Å². The predicted octanol–water partition coefficient (Wildman–Crippen LogP) is 2.38. The van der Waals surface area contributed by atoms with Crippen molar-refractivity contribution in [2.75, 3.05) is 12.3 Å². The van der Waals surface area contributed by atoms with Gasteiger partial charge < -0.3 is 5.32 Å². The van der Waals surface area contributed by atoms with Crippen molar-refractivity contribution < 1.29 is 4.79 Å². The molecule has 0 aliphatic carbocycles. The van der Waals surface area contributed by atoms with Crippen molar-refractivity contribution >= 4 is 28.4 Å². The van der Waals surface area contributed by atoms with Crippen LogP contribution in [-0.4, -0.2) is 28.0 Å². The zero-order valence-electron chi connectivity index (χ0n) is 13.9. The third-order valence-corrected chi connectivity index (χ3v) is 4.81. The van der Waals surface area contributed by atoms with E-state index in [0.717, 1.165) is 11.1 Å². The molecule has 0 saturated heterocycles. The first-order chi connectivity index (χ1) is 12.1. The van der Waals surface area contributed by atoms with Crippen molar-refractivity contribution in [2.24, 2.45) is 7.05 Å². The second-order valence-corrected chi connectivity index (χ2v) is 6.78. The first kappa shape index (κ1) is 17.2. The molecule has 0 fully saturated rings. The molecule has 1 heterocycles. The van der Waals surface area contributed by atoms with E-state index in [1.807, 2.05) is 48.5 Å². The minimum absolute atomic E-state index is 0.0926. The standard InChI is InChI=1S/C19H19N3O2S/c1-22-19(24)16-10-6-5-9-15(16)17(21-22)13-18(23)20-11-12-25-14-7-3-2-4-8-14/h2-10H,11-13H2,1H3,(H,20,23). The maximum Gasteiger partial charge on any atom is 0.274 e. The Morgan fingerprint density at radius 3 is 2.52 bits per heavy atom. The highest BCUT2D eigenvalue weighted by atomic mass is 32.2. The Morgan fingerprint density at radius 1 is 1.08 bits per heavy atom. The Hall–Kier alpha value is -2.60. The van der Waals surface area contributed by atoms with E-state index >= 15 is 0 Å². The Labute approximate surface area is 150 Å². The molecule has 0 unspecified atom stereocenters. The molecule has 3 aromatic rings. The van der Waals surface area contributed by atoms with Gasteiger partial charge in [0.05, 0.1) is 17.5 Å². The number of aryl methyl sites for hydroxylation is 1. The Morgan fingerprint density at radius 2 is 1.76 bits per heavy atom. The predicted molar refractivity (Wildman–Crippen MR) is 101 cm³/mol. The van der Waals surface area contributed by atoms with Crippen LogP contribution in [0.5, 0.6) is 0 Å². The average molecular weight is 353 g/mol. The van der Waals surface area contributed by atoms with Gasteiger partial charge in [-0.2, -0.15) is 5.10 Å². The molecule has 5 nitrogen and oxygen atoms in total. The zero-order chi connectivity index (χ0) is 17.6. The summed E-state index contributed by atoms with van der Waals surface area (Å²) >= 11 is 1.70. The third kappa shape index (κ3) is 4.28. The van der Waals surface area contributed by atoms with E-state index in [0.29, 0.717) is 17.6 Å². The molecule has 0 radical (unpaired) electrons. The van der Waals surface area contributed by atoms with Gasteiger partial charge in [0.2, 0.25) is 5.91 Å². The second kappa shape index (κ2) is 7.98. The monoisotopic (exact) mass is 353 g/mol. The molecule has 0 aliphatic rings. The fourth-order valence-electron chi connectivity index (χ4n) is 2.60. The van der Waals surface area contributed by atoms with Gasteiger partial charge in [0.15, 0.2) is 0 Å². The highest BCUT2D eigenvalue weighted by Gasteiger charge is 2.11. The van der Waals surface area contributed by atoms with Crippen LogP contribution < -0.4 is 10.9 Å². The Kier molecular flexibility index (Phi) is 5.50. The number of nitrogens with zero attached hydrogens (tertiary/aromatic N) is 2. The molecule has 0 atom stereocenters. The highest BCUT2D eigenvalue weighted by molar-refractivity contribution is 7.99. The maximum atomic E-state index is 12.2. The van der Waals surface area contributed by atoms with E-state index in [9.17, 15) is 9.59 Å². The fraction of sp³-hybridized carbons (Fsp3) is 0.211. The summed E-state index contributed by atoms with van der Waals surface area (Å²) in [5, 5.41) is 8.49. The SMILES string of the molecule is Cn1nc(CC(=O)NCCSc2ccccc2)c2ccccc2c1=O. The normalized spacial score (nSPS) is 10.8. The molecule has 128 valence electrons. The number of rotatable bonds is 6. The average Bonchev–Trinajstić information content (AvgIpc) is 2.64.